The van der Waals surface area contributed by atoms with E-state index in [1.807, 2.05) is 0 Å². The number of hydrogen-bond acceptors (Lipinski definition) is 4. The molecule has 0 aliphatic carbocycles. The molecular formula is C10H6Cl2N4O4. The van der Waals surface area contributed by atoms with Crippen LogP contribution in [-0.2, 0) is 22.7 Å². The molecule has 0 spiro atoms. The number of halogens is 2. The lowest BCUT2D eigenvalue weighted by molar-refractivity contribution is -0.137. The van der Waals surface area contributed by atoms with E-state index in [-0.39, 0.29) is 33.6 Å². The van der Waals surface area contributed by atoms with Gasteiger partial charge in [0, 0.05) is 0 Å². The van der Waals surface area contributed by atoms with Gasteiger partial charge in [-0.15, -0.1) is 0 Å². The minimum Gasteiger partial charge on any atom is -0.480 e. The Kier molecular flexibility index (Phi) is 2.73. The van der Waals surface area contributed by atoms with Crippen LogP contribution in [0.4, 0.5) is 5.69 Å². The fraction of sp³-hybridized carbons (Fsp3) is 0.200. The quantitative estimate of drug-likeness (QED) is 0.786. The molecule has 3 heterocycles. The zero-order valence-electron chi connectivity index (χ0n) is 9.68. The van der Waals surface area contributed by atoms with E-state index in [1.165, 1.54) is 0 Å². The molecule has 2 N–H and O–H groups in total. The van der Waals surface area contributed by atoms with Gasteiger partial charge in [-0.05, 0) is 0 Å². The van der Waals surface area contributed by atoms with E-state index >= 15 is 0 Å². The first-order valence-corrected chi connectivity index (χ1v) is 6.15. The highest BCUT2D eigenvalue weighted by Gasteiger charge is 2.28. The summed E-state index contributed by atoms with van der Waals surface area (Å²) in [4.78, 5) is 38.5. The van der Waals surface area contributed by atoms with Crippen molar-refractivity contribution in [1.82, 2.24) is 14.1 Å². The van der Waals surface area contributed by atoms with Crippen molar-refractivity contribution in [3.05, 3.63) is 20.8 Å². The van der Waals surface area contributed by atoms with Crippen LogP contribution < -0.4 is 11.0 Å². The average Bonchev–Trinajstić information content (AvgIpc) is 2.61. The van der Waals surface area contributed by atoms with Crippen LogP contribution in [0.15, 0.2) is 4.79 Å². The Morgan fingerprint density at radius 1 is 1.30 bits per heavy atom. The molecule has 8 nitrogen and oxygen atoms in total. The molecule has 0 saturated carbocycles. The topological polar surface area (TPSA) is 106 Å². The highest BCUT2D eigenvalue weighted by Crippen LogP contribution is 2.35. The Morgan fingerprint density at radius 3 is 2.65 bits per heavy atom. The van der Waals surface area contributed by atoms with E-state index in [0.717, 1.165) is 9.13 Å². The number of pyridine rings is 1. The number of amides is 1. The maximum absolute atomic E-state index is 12.2. The second-order valence-corrected chi connectivity index (χ2v) is 4.88. The summed E-state index contributed by atoms with van der Waals surface area (Å²) in [5.74, 6) is -1.66. The van der Waals surface area contributed by atoms with Crippen molar-refractivity contribution in [2.75, 3.05) is 5.32 Å². The average molecular weight is 317 g/mol. The van der Waals surface area contributed by atoms with Gasteiger partial charge in [0.25, 0.3) is 0 Å². The van der Waals surface area contributed by atoms with Crippen molar-refractivity contribution in [2.24, 2.45) is 0 Å². The van der Waals surface area contributed by atoms with E-state index < -0.39 is 24.1 Å². The number of carboxylic acid groups (broad SMARTS) is 1. The van der Waals surface area contributed by atoms with Crippen LogP contribution in [0.2, 0.25) is 10.3 Å². The second kappa shape index (κ2) is 4.22. The second-order valence-electron chi connectivity index (χ2n) is 4.16. The third kappa shape index (κ3) is 1.69. The summed E-state index contributed by atoms with van der Waals surface area (Å²) >= 11 is 11.8. The number of rotatable bonds is 2. The van der Waals surface area contributed by atoms with Gasteiger partial charge in [0.1, 0.15) is 24.3 Å². The molecule has 1 amide bonds. The zero-order valence-corrected chi connectivity index (χ0v) is 11.2. The molecule has 1 aliphatic heterocycles. The first kappa shape index (κ1) is 12.9. The summed E-state index contributed by atoms with van der Waals surface area (Å²) in [6, 6.07) is 0. The lowest BCUT2D eigenvalue weighted by atomic mass is 10.3. The van der Waals surface area contributed by atoms with Crippen molar-refractivity contribution < 1.29 is 14.7 Å². The van der Waals surface area contributed by atoms with Gasteiger partial charge in [0.15, 0.2) is 10.3 Å². The summed E-state index contributed by atoms with van der Waals surface area (Å²) < 4.78 is 2.08. The number of carbonyl (C=O) groups is 2. The monoisotopic (exact) mass is 316 g/mol. The third-order valence-electron chi connectivity index (χ3n) is 2.92. The number of anilines is 1. The summed E-state index contributed by atoms with van der Waals surface area (Å²) in [5.41, 5.74) is -0.0765. The van der Waals surface area contributed by atoms with Crippen molar-refractivity contribution in [2.45, 2.75) is 13.1 Å². The van der Waals surface area contributed by atoms with Gasteiger partial charge < -0.3 is 10.4 Å². The summed E-state index contributed by atoms with van der Waals surface area (Å²) in [6.45, 7) is -0.815. The Morgan fingerprint density at radius 2 is 2.00 bits per heavy atom. The van der Waals surface area contributed by atoms with Gasteiger partial charge in [-0.3, -0.25) is 18.7 Å². The molecule has 0 saturated heterocycles. The standard InChI is InChI=1S/C10H6Cl2N4O4/c11-8-5-6-7(9(12)14-8)16(2-4(18)19)10(20)15(6)1-3(17)13-5/h1-2H2,(H,13,17)(H,18,19). The molecule has 2 aromatic rings. The summed E-state index contributed by atoms with van der Waals surface area (Å²) in [6.07, 6.45) is 0. The number of carboxylic acids is 1. The molecule has 2 aromatic heterocycles. The zero-order chi connectivity index (χ0) is 14.6. The number of nitrogens with one attached hydrogen (secondary N) is 1. The highest BCUT2D eigenvalue weighted by atomic mass is 35.5. The first-order valence-electron chi connectivity index (χ1n) is 5.40. The fourth-order valence-corrected chi connectivity index (χ4v) is 2.75. The smallest absolute Gasteiger partial charge is 0.330 e. The predicted molar refractivity (Wildman–Crippen MR) is 70.3 cm³/mol. The lowest BCUT2D eigenvalue weighted by Crippen LogP contribution is -2.32. The molecule has 3 rings (SSSR count). The number of nitrogens with zero attached hydrogens (tertiary/aromatic N) is 3. The van der Waals surface area contributed by atoms with E-state index in [4.69, 9.17) is 28.3 Å². The van der Waals surface area contributed by atoms with Crippen LogP contribution in [0, 0.1) is 0 Å². The third-order valence-corrected chi connectivity index (χ3v) is 3.46. The van der Waals surface area contributed by atoms with Crippen molar-refractivity contribution in [3.63, 3.8) is 0 Å². The van der Waals surface area contributed by atoms with Gasteiger partial charge >= 0.3 is 11.7 Å². The van der Waals surface area contributed by atoms with Crippen LogP contribution in [0.5, 0.6) is 0 Å². The summed E-state index contributed by atoms with van der Waals surface area (Å²) in [7, 11) is 0. The van der Waals surface area contributed by atoms with Gasteiger partial charge in [-0.1, -0.05) is 23.2 Å². The van der Waals surface area contributed by atoms with Crippen LogP contribution >= 0.6 is 23.2 Å². The van der Waals surface area contributed by atoms with Crippen LogP contribution in [0.25, 0.3) is 11.0 Å². The van der Waals surface area contributed by atoms with E-state index in [0.29, 0.717) is 0 Å². The maximum atomic E-state index is 12.2. The summed E-state index contributed by atoms with van der Waals surface area (Å²) in [5, 5.41) is 11.2. The lowest BCUT2D eigenvalue weighted by Gasteiger charge is -2.15. The van der Waals surface area contributed by atoms with Crippen LogP contribution in [0.1, 0.15) is 0 Å². The van der Waals surface area contributed by atoms with E-state index in [2.05, 4.69) is 10.3 Å². The fourth-order valence-electron chi connectivity index (χ4n) is 2.21. The van der Waals surface area contributed by atoms with Crippen molar-refractivity contribution >= 4 is 51.8 Å². The maximum Gasteiger partial charge on any atom is 0.330 e. The van der Waals surface area contributed by atoms with Gasteiger partial charge in [-0.25, -0.2) is 9.78 Å². The van der Waals surface area contributed by atoms with Crippen LogP contribution in [-0.4, -0.2) is 31.1 Å². The minimum absolute atomic E-state index is 0.0585. The Labute approximate surface area is 120 Å². The van der Waals surface area contributed by atoms with Gasteiger partial charge in [0.2, 0.25) is 5.91 Å². The van der Waals surface area contributed by atoms with Gasteiger partial charge in [-0.2, -0.15) is 0 Å². The first-order chi connectivity index (χ1) is 9.40. The Hall–Kier alpha value is -2.06. The largest absolute Gasteiger partial charge is 0.480 e. The highest BCUT2D eigenvalue weighted by molar-refractivity contribution is 6.39. The predicted octanol–water partition coefficient (Wildman–Crippen LogP) is 0.542. The molecule has 0 unspecified atom stereocenters. The number of hydrogen-bond donors (Lipinski definition) is 2. The normalized spacial score (nSPS) is 13.6. The molecular weight excluding hydrogens is 311 g/mol. The molecule has 1 aliphatic rings. The number of imidazole rings is 1. The molecule has 10 heteroatoms. The number of carbonyl (C=O) groups excluding carboxylic acids is 1. The van der Waals surface area contributed by atoms with Gasteiger partial charge in [0.05, 0.1) is 5.52 Å². The van der Waals surface area contributed by atoms with Crippen LogP contribution in [0.3, 0.4) is 0 Å². The SMILES string of the molecule is O=C(O)Cn1c(=O)n2c3c(c(Cl)nc(Cl)c31)NC(=O)C2. The Bertz CT molecular complexity index is 838. The molecule has 20 heavy (non-hydrogen) atoms. The van der Waals surface area contributed by atoms with Crippen molar-refractivity contribution in [3.8, 4) is 0 Å². The molecule has 0 atom stereocenters. The van der Waals surface area contributed by atoms with Crippen molar-refractivity contribution in [1.29, 1.82) is 0 Å². The molecule has 0 bridgehead atoms. The molecule has 0 radical (unpaired) electrons. The molecule has 104 valence electrons. The number of aromatic nitrogens is 3. The molecule has 0 aromatic carbocycles. The van der Waals surface area contributed by atoms with E-state index in [1.54, 1.807) is 0 Å². The Balaban J connectivity index is 2.48. The van der Waals surface area contributed by atoms with E-state index in [9.17, 15) is 14.4 Å². The number of aliphatic carboxylic acids is 1. The molecule has 0 fully saturated rings. The minimum atomic E-state index is -1.21.